The van der Waals surface area contributed by atoms with Crippen molar-refractivity contribution in [3.8, 4) is 11.1 Å². The molecule has 0 aliphatic rings. The number of allylic oxidation sites excluding steroid dienone is 3. The standard InChI is InChI=1S/C26H29F3N8O2/c1-32-25(39)22-16-37(36-35-22)13-5-4-6-18(30)9-10-23(31)34-24(38)15-19-14-17(11-12-33-19)20-7-2-3-8-21(20)26(27,28)29/h2-3,7-12,14,16H,4-6,13,15,30-31H2,1H3,(H,32,39)(H,34,38)/b18-9-,23-10+. The van der Waals surface area contributed by atoms with Crippen LogP contribution < -0.4 is 22.1 Å². The van der Waals surface area contributed by atoms with Gasteiger partial charge in [-0.05, 0) is 60.7 Å². The minimum absolute atomic E-state index is 0.00372. The number of nitrogens with zero attached hydrogens (tertiary/aromatic N) is 4. The predicted octanol–water partition coefficient (Wildman–Crippen LogP) is 2.89. The summed E-state index contributed by atoms with van der Waals surface area (Å²) in [4.78, 5) is 28.0. The van der Waals surface area contributed by atoms with Crippen molar-refractivity contribution in [1.82, 2.24) is 30.6 Å². The van der Waals surface area contributed by atoms with Gasteiger partial charge in [-0.2, -0.15) is 13.2 Å². The lowest BCUT2D eigenvalue weighted by molar-refractivity contribution is -0.137. The summed E-state index contributed by atoms with van der Waals surface area (Å²) < 4.78 is 41.7. The summed E-state index contributed by atoms with van der Waals surface area (Å²) in [5.74, 6) is -0.722. The van der Waals surface area contributed by atoms with Crippen LogP contribution in [0.2, 0.25) is 0 Å². The lowest BCUT2D eigenvalue weighted by Gasteiger charge is -2.13. The molecule has 0 spiro atoms. The van der Waals surface area contributed by atoms with Crippen LogP contribution in [0.1, 0.15) is 41.0 Å². The van der Waals surface area contributed by atoms with E-state index >= 15 is 0 Å². The number of unbranched alkanes of at least 4 members (excludes halogenated alkanes) is 1. The molecule has 39 heavy (non-hydrogen) atoms. The minimum atomic E-state index is -4.51. The molecule has 2 aromatic heterocycles. The Kier molecular flexibility index (Phi) is 9.79. The highest BCUT2D eigenvalue weighted by Gasteiger charge is 2.33. The Bertz CT molecular complexity index is 1360. The number of hydrogen-bond acceptors (Lipinski definition) is 7. The summed E-state index contributed by atoms with van der Waals surface area (Å²) >= 11 is 0. The zero-order valence-electron chi connectivity index (χ0n) is 21.2. The number of hydrogen-bond donors (Lipinski definition) is 4. The molecule has 10 nitrogen and oxygen atoms in total. The third-order valence-electron chi connectivity index (χ3n) is 5.56. The van der Waals surface area contributed by atoms with Crippen molar-refractivity contribution in [2.24, 2.45) is 11.5 Å². The average Bonchev–Trinajstić information content (AvgIpc) is 3.38. The van der Waals surface area contributed by atoms with E-state index in [4.69, 9.17) is 11.5 Å². The van der Waals surface area contributed by atoms with Gasteiger partial charge in [-0.1, -0.05) is 23.4 Å². The van der Waals surface area contributed by atoms with Gasteiger partial charge in [0.2, 0.25) is 5.91 Å². The topological polar surface area (TPSA) is 154 Å². The Labute approximate surface area is 223 Å². The van der Waals surface area contributed by atoms with E-state index in [0.29, 0.717) is 29.9 Å². The molecule has 0 radical (unpaired) electrons. The number of nitrogens with two attached hydrogens (primary N) is 2. The third-order valence-corrected chi connectivity index (χ3v) is 5.56. The Morgan fingerprint density at radius 3 is 2.62 bits per heavy atom. The summed E-state index contributed by atoms with van der Waals surface area (Å²) in [6.45, 7) is 0.572. The molecule has 1 aromatic carbocycles. The van der Waals surface area contributed by atoms with Crippen LogP contribution in [0.25, 0.3) is 11.1 Å². The molecule has 2 heterocycles. The summed E-state index contributed by atoms with van der Waals surface area (Å²) in [7, 11) is 1.52. The molecule has 6 N–H and O–H groups in total. The van der Waals surface area contributed by atoms with E-state index < -0.39 is 17.6 Å². The minimum Gasteiger partial charge on any atom is -0.402 e. The van der Waals surface area contributed by atoms with Crippen molar-refractivity contribution in [3.63, 3.8) is 0 Å². The molecule has 0 saturated carbocycles. The molecular weight excluding hydrogens is 513 g/mol. The number of halogens is 3. The summed E-state index contributed by atoms with van der Waals surface area (Å²) in [5.41, 5.74) is 12.5. The largest absolute Gasteiger partial charge is 0.417 e. The van der Waals surface area contributed by atoms with Gasteiger partial charge in [0.25, 0.3) is 5.91 Å². The highest BCUT2D eigenvalue weighted by Crippen LogP contribution is 2.36. The van der Waals surface area contributed by atoms with Crippen LogP contribution in [0.5, 0.6) is 0 Å². The molecular formula is C26H29F3N8O2. The van der Waals surface area contributed by atoms with Crippen LogP contribution >= 0.6 is 0 Å². The zero-order chi connectivity index (χ0) is 28.4. The van der Waals surface area contributed by atoms with Crippen molar-refractivity contribution in [1.29, 1.82) is 0 Å². The first-order valence-corrected chi connectivity index (χ1v) is 12.0. The van der Waals surface area contributed by atoms with Gasteiger partial charge in [0.1, 0.15) is 5.82 Å². The quantitative estimate of drug-likeness (QED) is 0.215. The molecule has 0 saturated heterocycles. The Hall–Kier alpha value is -4.68. The van der Waals surface area contributed by atoms with E-state index in [-0.39, 0.29) is 29.4 Å². The van der Waals surface area contributed by atoms with Crippen LogP contribution in [0.3, 0.4) is 0 Å². The third kappa shape index (κ3) is 8.69. The monoisotopic (exact) mass is 542 g/mol. The fourth-order valence-corrected chi connectivity index (χ4v) is 3.66. The molecule has 0 fully saturated rings. The van der Waals surface area contributed by atoms with Gasteiger partial charge in [-0.25, -0.2) is 0 Å². The van der Waals surface area contributed by atoms with Crippen molar-refractivity contribution >= 4 is 11.8 Å². The maximum absolute atomic E-state index is 13.4. The first-order valence-electron chi connectivity index (χ1n) is 12.0. The molecule has 3 rings (SSSR count). The number of benzene rings is 1. The number of pyridine rings is 1. The summed E-state index contributed by atoms with van der Waals surface area (Å²) in [6.07, 6.45) is 3.35. The molecule has 0 aliphatic heterocycles. The average molecular weight is 543 g/mol. The first-order chi connectivity index (χ1) is 18.6. The Balaban J connectivity index is 1.49. The second-order valence-electron chi connectivity index (χ2n) is 8.57. The van der Waals surface area contributed by atoms with Crippen LogP contribution in [0, 0.1) is 0 Å². The second kappa shape index (κ2) is 13.2. The predicted molar refractivity (Wildman–Crippen MR) is 138 cm³/mol. The highest BCUT2D eigenvalue weighted by molar-refractivity contribution is 5.91. The number of carbonyl (C=O) groups excluding carboxylic acids is 2. The maximum atomic E-state index is 13.4. The molecule has 206 valence electrons. The van der Waals surface area contributed by atoms with Gasteiger partial charge < -0.3 is 22.1 Å². The highest BCUT2D eigenvalue weighted by atomic mass is 19.4. The molecule has 0 atom stereocenters. The molecule has 0 unspecified atom stereocenters. The maximum Gasteiger partial charge on any atom is 0.417 e. The van der Waals surface area contributed by atoms with Gasteiger partial charge >= 0.3 is 6.18 Å². The smallest absolute Gasteiger partial charge is 0.402 e. The van der Waals surface area contributed by atoms with E-state index in [2.05, 4.69) is 25.9 Å². The van der Waals surface area contributed by atoms with Gasteiger partial charge in [0.05, 0.1) is 23.9 Å². The van der Waals surface area contributed by atoms with E-state index in [9.17, 15) is 22.8 Å². The van der Waals surface area contributed by atoms with Gasteiger partial charge in [0.15, 0.2) is 5.69 Å². The lowest BCUT2D eigenvalue weighted by Crippen LogP contribution is -2.29. The normalized spacial score (nSPS) is 12.3. The van der Waals surface area contributed by atoms with Crippen LogP contribution in [0.15, 0.2) is 72.5 Å². The fraction of sp³-hybridized carbons (Fsp3) is 0.269. The van der Waals surface area contributed by atoms with Gasteiger partial charge in [-0.15, -0.1) is 5.10 Å². The van der Waals surface area contributed by atoms with E-state index in [1.807, 2.05) is 0 Å². The van der Waals surface area contributed by atoms with Crippen LogP contribution in [0.4, 0.5) is 13.2 Å². The molecule has 2 amide bonds. The molecule has 13 heteroatoms. The van der Waals surface area contributed by atoms with Crippen molar-refractivity contribution in [3.05, 3.63) is 89.4 Å². The van der Waals surface area contributed by atoms with Crippen molar-refractivity contribution in [2.45, 2.75) is 38.4 Å². The number of carbonyl (C=O) groups is 2. The Morgan fingerprint density at radius 2 is 1.87 bits per heavy atom. The number of alkyl halides is 3. The molecule has 0 bridgehead atoms. The Morgan fingerprint density at radius 1 is 1.10 bits per heavy atom. The van der Waals surface area contributed by atoms with Crippen LogP contribution in [-0.2, 0) is 23.9 Å². The number of amides is 2. The SMILES string of the molecule is CNC(=O)c1cn(CCCC/C(N)=C/C=C(\N)NC(=O)Cc2cc(-c3ccccc3C(F)(F)F)ccn2)nn1. The van der Waals surface area contributed by atoms with Gasteiger partial charge in [-0.3, -0.25) is 19.3 Å². The zero-order valence-corrected chi connectivity index (χ0v) is 21.2. The van der Waals surface area contributed by atoms with E-state index in [1.54, 1.807) is 17.0 Å². The van der Waals surface area contributed by atoms with E-state index in [0.717, 1.165) is 18.9 Å². The first kappa shape index (κ1) is 28.9. The second-order valence-corrected chi connectivity index (χ2v) is 8.57. The molecule has 0 aliphatic carbocycles. The number of nitrogens with one attached hydrogen (secondary N) is 2. The number of aryl methyl sites for hydroxylation is 1. The van der Waals surface area contributed by atoms with Crippen LogP contribution in [-0.4, -0.2) is 38.8 Å². The fourth-order valence-electron chi connectivity index (χ4n) is 3.66. The summed E-state index contributed by atoms with van der Waals surface area (Å²) in [5, 5.41) is 12.7. The number of rotatable bonds is 11. The van der Waals surface area contributed by atoms with E-state index in [1.165, 1.54) is 49.7 Å². The van der Waals surface area contributed by atoms with Gasteiger partial charge in [0, 0.05) is 25.5 Å². The van der Waals surface area contributed by atoms with Crippen molar-refractivity contribution in [2.75, 3.05) is 7.05 Å². The lowest BCUT2D eigenvalue weighted by atomic mass is 9.99. The van der Waals surface area contributed by atoms with Crippen molar-refractivity contribution < 1.29 is 22.8 Å². The summed E-state index contributed by atoms with van der Waals surface area (Å²) in [6, 6.07) is 8.12. The number of aromatic nitrogens is 4. The molecule has 3 aromatic rings.